The summed E-state index contributed by atoms with van der Waals surface area (Å²) >= 11 is 0. The van der Waals surface area contributed by atoms with Crippen molar-refractivity contribution in [2.45, 2.75) is 239 Å². The van der Waals surface area contributed by atoms with E-state index in [0.29, 0.717) is 12.8 Å². The first-order chi connectivity index (χ1) is 30.5. The summed E-state index contributed by atoms with van der Waals surface area (Å²) in [5, 5.41) is 0. The van der Waals surface area contributed by atoms with Crippen molar-refractivity contribution >= 4 is 17.9 Å². The molecule has 0 aromatic heterocycles. The normalized spacial score (nSPS) is 12.8. The van der Waals surface area contributed by atoms with Crippen molar-refractivity contribution in [1.29, 1.82) is 0 Å². The van der Waals surface area contributed by atoms with Crippen molar-refractivity contribution in [3.05, 3.63) is 85.1 Å². The summed E-state index contributed by atoms with van der Waals surface area (Å²) in [6.07, 6.45) is 64.6. The molecule has 0 rings (SSSR count). The topological polar surface area (TPSA) is 78.9 Å². The predicted octanol–water partition coefficient (Wildman–Crippen LogP) is 16.8. The lowest BCUT2D eigenvalue weighted by molar-refractivity contribution is -0.166. The van der Waals surface area contributed by atoms with Gasteiger partial charge >= 0.3 is 17.9 Å². The standard InChI is InChI=1S/C56H94O6/c1-4-7-10-13-16-19-21-23-25-26-27-28-29-30-32-33-35-37-40-43-46-49-55(58)61-52-53(51-60-54(57)48-45-42-39-18-15-12-9-6-3)62-56(59)50-47-44-41-38-36-34-31-24-22-20-17-14-11-8-5-2/h8,11,17,20-21,23-24,26-27,31,36,38,44,47,53H,4-7,9-10,12-16,18-19,22,25,28-30,32-35,37,39-43,45-46,48-52H2,1-3H3/b11-8-,20-17-,23-21-,27-26-,31-24-,38-36-,47-44-. The van der Waals surface area contributed by atoms with Gasteiger partial charge in [-0.25, -0.2) is 0 Å². The molecular formula is C56H94O6. The smallest absolute Gasteiger partial charge is 0.310 e. The molecule has 0 heterocycles. The number of unbranched alkanes of at least 4 members (excludes halogenated alkanes) is 21. The Hall–Kier alpha value is -3.41. The second kappa shape index (κ2) is 50.2. The molecule has 0 fully saturated rings. The largest absolute Gasteiger partial charge is 0.462 e. The van der Waals surface area contributed by atoms with Crippen LogP contribution in [0.5, 0.6) is 0 Å². The summed E-state index contributed by atoms with van der Waals surface area (Å²) in [5.74, 6) is -1.06. The van der Waals surface area contributed by atoms with Gasteiger partial charge in [-0.05, 0) is 77.0 Å². The number of rotatable bonds is 45. The molecule has 6 nitrogen and oxygen atoms in total. The number of hydrogen-bond donors (Lipinski definition) is 0. The monoisotopic (exact) mass is 863 g/mol. The Morgan fingerprint density at radius 3 is 1.06 bits per heavy atom. The van der Waals surface area contributed by atoms with Gasteiger partial charge in [0, 0.05) is 12.8 Å². The molecule has 0 aliphatic heterocycles. The molecule has 0 aliphatic carbocycles. The molecule has 0 aromatic carbocycles. The molecule has 1 atom stereocenters. The van der Waals surface area contributed by atoms with Crippen molar-refractivity contribution < 1.29 is 28.6 Å². The Kier molecular flexibility index (Phi) is 47.5. The van der Waals surface area contributed by atoms with Crippen molar-refractivity contribution in [2.24, 2.45) is 0 Å². The second-order valence-electron chi connectivity index (χ2n) is 16.7. The predicted molar refractivity (Wildman–Crippen MR) is 265 cm³/mol. The minimum atomic E-state index is -0.829. The Labute approximate surface area is 382 Å². The molecule has 0 spiro atoms. The first-order valence-corrected chi connectivity index (χ1v) is 25.6. The summed E-state index contributed by atoms with van der Waals surface area (Å²) in [4.78, 5) is 37.8. The van der Waals surface area contributed by atoms with E-state index in [1.165, 1.54) is 116 Å². The lowest BCUT2D eigenvalue weighted by atomic mass is 10.1. The van der Waals surface area contributed by atoms with E-state index < -0.39 is 12.1 Å². The van der Waals surface area contributed by atoms with Crippen molar-refractivity contribution in [1.82, 2.24) is 0 Å². The molecule has 0 aliphatic rings. The third kappa shape index (κ3) is 47.6. The second-order valence-corrected chi connectivity index (χ2v) is 16.7. The minimum Gasteiger partial charge on any atom is -0.462 e. The molecule has 0 aromatic rings. The van der Waals surface area contributed by atoms with Crippen molar-refractivity contribution in [3.8, 4) is 0 Å². The first-order valence-electron chi connectivity index (χ1n) is 25.6. The molecule has 354 valence electrons. The van der Waals surface area contributed by atoms with Gasteiger partial charge < -0.3 is 14.2 Å². The lowest BCUT2D eigenvalue weighted by Crippen LogP contribution is -2.30. The van der Waals surface area contributed by atoms with Crippen LogP contribution in [0.4, 0.5) is 0 Å². The van der Waals surface area contributed by atoms with Crippen LogP contribution in [0.1, 0.15) is 233 Å². The van der Waals surface area contributed by atoms with Crippen LogP contribution in [0.2, 0.25) is 0 Å². The van der Waals surface area contributed by atoms with Crippen LogP contribution < -0.4 is 0 Å². The molecule has 0 radical (unpaired) electrons. The van der Waals surface area contributed by atoms with Gasteiger partial charge in [0.25, 0.3) is 0 Å². The van der Waals surface area contributed by atoms with Crippen LogP contribution in [0.15, 0.2) is 85.1 Å². The molecule has 0 saturated carbocycles. The Bertz CT molecular complexity index is 1220. The minimum absolute atomic E-state index is 0.0962. The number of carbonyl (C=O) groups excluding carboxylic acids is 3. The summed E-state index contributed by atoms with van der Waals surface area (Å²) in [6, 6.07) is 0. The first kappa shape index (κ1) is 58.6. The maximum absolute atomic E-state index is 12.7. The highest BCUT2D eigenvalue weighted by Crippen LogP contribution is 2.14. The van der Waals surface area contributed by atoms with E-state index >= 15 is 0 Å². The molecule has 6 heteroatoms. The summed E-state index contributed by atoms with van der Waals surface area (Å²) in [6.45, 7) is 6.39. The Balaban J connectivity index is 4.37. The fourth-order valence-corrected chi connectivity index (χ4v) is 6.84. The van der Waals surface area contributed by atoms with E-state index in [1.807, 2.05) is 6.08 Å². The van der Waals surface area contributed by atoms with Crippen LogP contribution in [-0.4, -0.2) is 37.2 Å². The van der Waals surface area contributed by atoms with E-state index in [9.17, 15) is 14.4 Å². The number of carbonyl (C=O) groups is 3. The Morgan fingerprint density at radius 1 is 0.355 bits per heavy atom. The third-order valence-corrected chi connectivity index (χ3v) is 10.7. The molecule has 0 N–H and O–H groups in total. The molecule has 0 bridgehead atoms. The van der Waals surface area contributed by atoms with Crippen molar-refractivity contribution in [2.75, 3.05) is 13.2 Å². The fourth-order valence-electron chi connectivity index (χ4n) is 6.84. The SMILES string of the molecule is CC/C=C\C/C=C\C/C=C\C/C=C\C/C=C\CC(=O)OC(COC(=O)CCCCCCCCCC)COC(=O)CCCCCCCCCCC/C=C\C/C=C\CCCCCCC. The summed E-state index contributed by atoms with van der Waals surface area (Å²) in [5.41, 5.74) is 0. The van der Waals surface area contributed by atoms with Gasteiger partial charge in [0.15, 0.2) is 6.10 Å². The lowest BCUT2D eigenvalue weighted by Gasteiger charge is -2.18. The van der Waals surface area contributed by atoms with Crippen LogP contribution in [-0.2, 0) is 28.6 Å². The van der Waals surface area contributed by atoms with Gasteiger partial charge in [0.1, 0.15) is 13.2 Å². The molecule has 1 unspecified atom stereocenters. The van der Waals surface area contributed by atoms with Crippen LogP contribution in [0, 0.1) is 0 Å². The maximum Gasteiger partial charge on any atom is 0.310 e. The zero-order chi connectivity index (χ0) is 45.1. The molecular weight excluding hydrogens is 769 g/mol. The highest BCUT2D eigenvalue weighted by molar-refractivity contribution is 5.72. The number of esters is 3. The summed E-state index contributed by atoms with van der Waals surface area (Å²) in [7, 11) is 0. The highest BCUT2D eigenvalue weighted by atomic mass is 16.6. The van der Waals surface area contributed by atoms with E-state index in [-0.39, 0.29) is 31.6 Å². The number of ether oxygens (including phenoxy) is 3. The van der Waals surface area contributed by atoms with E-state index in [4.69, 9.17) is 14.2 Å². The van der Waals surface area contributed by atoms with Gasteiger partial charge in [-0.3, -0.25) is 14.4 Å². The van der Waals surface area contributed by atoms with E-state index in [2.05, 4.69) is 93.7 Å². The van der Waals surface area contributed by atoms with Gasteiger partial charge in [-0.1, -0.05) is 221 Å². The van der Waals surface area contributed by atoms with Gasteiger partial charge in [-0.15, -0.1) is 0 Å². The fraction of sp³-hybridized carbons (Fsp3) is 0.696. The van der Waals surface area contributed by atoms with Crippen molar-refractivity contribution in [3.63, 3.8) is 0 Å². The maximum atomic E-state index is 12.7. The van der Waals surface area contributed by atoms with Gasteiger partial charge in [-0.2, -0.15) is 0 Å². The van der Waals surface area contributed by atoms with Crippen LogP contribution in [0.25, 0.3) is 0 Å². The summed E-state index contributed by atoms with van der Waals surface area (Å²) < 4.78 is 16.6. The van der Waals surface area contributed by atoms with E-state index in [1.54, 1.807) is 6.08 Å². The molecule has 0 saturated heterocycles. The molecule has 0 amide bonds. The van der Waals surface area contributed by atoms with Crippen LogP contribution in [0.3, 0.4) is 0 Å². The van der Waals surface area contributed by atoms with Crippen LogP contribution >= 0.6 is 0 Å². The highest BCUT2D eigenvalue weighted by Gasteiger charge is 2.19. The van der Waals surface area contributed by atoms with Gasteiger partial charge in [0.2, 0.25) is 0 Å². The average molecular weight is 863 g/mol. The Morgan fingerprint density at radius 2 is 0.677 bits per heavy atom. The zero-order valence-corrected chi connectivity index (χ0v) is 40.4. The number of allylic oxidation sites excluding steroid dienone is 13. The quantitative estimate of drug-likeness (QED) is 0.0263. The average Bonchev–Trinajstić information content (AvgIpc) is 3.27. The van der Waals surface area contributed by atoms with E-state index in [0.717, 1.165) is 77.0 Å². The van der Waals surface area contributed by atoms with Gasteiger partial charge in [0.05, 0.1) is 6.42 Å². The third-order valence-electron chi connectivity index (χ3n) is 10.7. The molecule has 62 heavy (non-hydrogen) atoms. The zero-order valence-electron chi connectivity index (χ0n) is 40.4. The number of hydrogen-bond acceptors (Lipinski definition) is 6.